The first-order valence-corrected chi connectivity index (χ1v) is 8.45. The number of imidazole rings is 1. The molecule has 0 atom stereocenters. The van der Waals surface area contributed by atoms with Gasteiger partial charge in [0.15, 0.2) is 0 Å². The second kappa shape index (κ2) is 7.01. The van der Waals surface area contributed by atoms with Crippen molar-refractivity contribution in [3.63, 3.8) is 0 Å². The van der Waals surface area contributed by atoms with Crippen LogP contribution in [-0.4, -0.2) is 27.4 Å². The van der Waals surface area contributed by atoms with Gasteiger partial charge in [-0.05, 0) is 30.3 Å². The Kier molecular flexibility index (Phi) is 4.81. The summed E-state index contributed by atoms with van der Waals surface area (Å²) in [7, 11) is 1.79. The normalized spacial score (nSPS) is 10.8. The van der Waals surface area contributed by atoms with Crippen LogP contribution in [0.15, 0.2) is 65.7 Å². The lowest BCUT2D eigenvalue weighted by molar-refractivity contribution is 0.0780. The van der Waals surface area contributed by atoms with Crippen LogP contribution < -0.4 is 0 Å². The second-order valence-corrected chi connectivity index (χ2v) is 6.50. The average molecular weight is 384 g/mol. The number of halogens is 1. The van der Waals surface area contributed by atoms with Crippen molar-refractivity contribution in [1.82, 2.24) is 14.5 Å². The van der Waals surface area contributed by atoms with Crippen molar-refractivity contribution in [2.45, 2.75) is 13.1 Å². The third-order valence-electron chi connectivity index (χ3n) is 3.84. The molecule has 3 aromatic rings. The smallest absolute Gasteiger partial charge is 0.254 e. The molecule has 2 aromatic carbocycles. The molecule has 0 saturated heterocycles. The highest BCUT2D eigenvalue weighted by molar-refractivity contribution is 9.10. The number of nitrogens with zero attached hydrogens (tertiary/aromatic N) is 3. The van der Waals surface area contributed by atoms with E-state index in [1.54, 1.807) is 11.9 Å². The highest BCUT2D eigenvalue weighted by Crippen LogP contribution is 2.18. The van der Waals surface area contributed by atoms with Crippen LogP contribution in [0.4, 0.5) is 0 Å². The van der Waals surface area contributed by atoms with E-state index in [1.165, 1.54) is 0 Å². The summed E-state index contributed by atoms with van der Waals surface area (Å²) in [5, 5.41) is 0. The Morgan fingerprint density at radius 3 is 2.83 bits per heavy atom. The Balaban J connectivity index is 1.90. The number of aromatic nitrogens is 2. The fourth-order valence-electron chi connectivity index (χ4n) is 2.70. The van der Waals surface area contributed by atoms with E-state index in [9.17, 15) is 4.79 Å². The van der Waals surface area contributed by atoms with Crippen LogP contribution in [0.2, 0.25) is 0 Å². The maximum Gasteiger partial charge on any atom is 0.254 e. The van der Waals surface area contributed by atoms with Gasteiger partial charge in [0.1, 0.15) is 5.82 Å². The highest BCUT2D eigenvalue weighted by atomic mass is 79.9. The first-order chi connectivity index (χ1) is 11.6. The summed E-state index contributed by atoms with van der Waals surface area (Å²) in [5.41, 5.74) is 2.63. The lowest BCUT2D eigenvalue weighted by Gasteiger charge is -2.18. The van der Waals surface area contributed by atoms with Gasteiger partial charge < -0.3 is 9.47 Å². The highest BCUT2D eigenvalue weighted by Gasteiger charge is 2.16. The molecule has 0 aliphatic carbocycles. The zero-order chi connectivity index (χ0) is 17.1. The predicted octanol–water partition coefficient (Wildman–Crippen LogP) is 4.26. The summed E-state index contributed by atoms with van der Waals surface area (Å²) in [6.45, 7) is 4.92. The second-order valence-electron chi connectivity index (χ2n) is 5.59. The molecule has 0 N–H and O–H groups in total. The summed E-state index contributed by atoms with van der Waals surface area (Å²) >= 11 is 3.40. The van der Waals surface area contributed by atoms with Crippen molar-refractivity contribution < 1.29 is 4.79 Å². The van der Waals surface area contributed by atoms with E-state index in [4.69, 9.17) is 0 Å². The molecule has 0 spiro atoms. The van der Waals surface area contributed by atoms with Gasteiger partial charge in [-0.15, -0.1) is 6.58 Å². The topological polar surface area (TPSA) is 38.1 Å². The van der Waals surface area contributed by atoms with Crippen LogP contribution in [-0.2, 0) is 13.1 Å². The van der Waals surface area contributed by atoms with E-state index in [-0.39, 0.29) is 5.91 Å². The Morgan fingerprint density at radius 1 is 1.29 bits per heavy atom. The Labute approximate surface area is 149 Å². The van der Waals surface area contributed by atoms with Gasteiger partial charge in [-0.3, -0.25) is 4.79 Å². The van der Waals surface area contributed by atoms with E-state index in [1.807, 2.05) is 54.6 Å². The van der Waals surface area contributed by atoms with Gasteiger partial charge in [0.2, 0.25) is 0 Å². The largest absolute Gasteiger partial charge is 0.334 e. The van der Waals surface area contributed by atoms with Crippen LogP contribution in [0.5, 0.6) is 0 Å². The van der Waals surface area contributed by atoms with Crippen molar-refractivity contribution >= 4 is 32.9 Å². The van der Waals surface area contributed by atoms with Crippen LogP contribution in [0.3, 0.4) is 0 Å². The Morgan fingerprint density at radius 2 is 2.08 bits per heavy atom. The summed E-state index contributed by atoms with van der Waals surface area (Å²) in [6, 6.07) is 15.4. The predicted molar refractivity (Wildman–Crippen MR) is 99.9 cm³/mol. The van der Waals surface area contributed by atoms with E-state index >= 15 is 0 Å². The standard InChI is InChI=1S/C19H18BrN3O/c1-3-11-23-17-10-5-4-9-16(17)21-18(23)13-22(2)19(24)14-7-6-8-15(20)12-14/h3-10,12H,1,11,13H2,2H3. The molecule has 122 valence electrons. The number of benzene rings is 2. The fourth-order valence-corrected chi connectivity index (χ4v) is 3.10. The quantitative estimate of drug-likeness (QED) is 0.617. The molecule has 4 nitrogen and oxygen atoms in total. The number of hydrogen-bond donors (Lipinski definition) is 0. The number of para-hydroxylation sites is 2. The Bertz CT molecular complexity index is 901. The third-order valence-corrected chi connectivity index (χ3v) is 4.34. The maximum atomic E-state index is 12.6. The molecule has 0 aliphatic heterocycles. The van der Waals surface area contributed by atoms with Gasteiger partial charge in [0.05, 0.1) is 17.6 Å². The zero-order valence-electron chi connectivity index (χ0n) is 13.4. The molecule has 0 bridgehead atoms. The van der Waals surface area contributed by atoms with Crippen LogP contribution in [0.1, 0.15) is 16.2 Å². The molecule has 1 heterocycles. The minimum atomic E-state index is -0.0338. The molecular weight excluding hydrogens is 366 g/mol. The van der Waals surface area contributed by atoms with E-state index < -0.39 is 0 Å². The fraction of sp³-hybridized carbons (Fsp3) is 0.158. The van der Waals surface area contributed by atoms with Gasteiger partial charge in [0.25, 0.3) is 5.91 Å². The number of hydrogen-bond acceptors (Lipinski definition) is 2. The first-order valence-electron chi connectivity index (χ1n) is 7.66. The molecule has 0 unspecified atom stereocenters. The van der Waals surface area contributed by atoms with Crippen molar-refractivity contribution in [2.75, 3.05) is 7.05 Å². The lowest BCUT2D eigenvalue weighted by atomic mass is 10.2. The molecule has 1 amide bonds. The number of carbonyl (C=O) groups excluding carboxylic acids is 1. The van der Waals surface area contributed by atoms with E-state index in [0.717, 1.165) is 21.3 Å². The Hall–Kier alpha value is -2.40. The van der Waals surface area contributed by atoms with Crippen molar-refractivity contribution in [1.29, 1.82) is 0 Å². The van der Waals surface area contributed by atoms with E-state index in [0.29, 0.717) is 18.7 Å². The number of rotatable bonds is 5. The molecule has 24 heavy (non-hydrogen) atoms. The van der Waals surface area contributed by atoms with E-state index in [2.05, 4.69) is 32.1 Å². The summed E-state index contributed by atoms with van der Waals surface area (Å²) in [5.74, 6) is 0.815. The number of fused-ring (bicyclic) bond motifs is 1. The molecular formula is C19H18BrN3O. The van der Waals surface area contributed by atoms with Crippen LogP contribution >= 0.6 is 15.9 Å². The van der Waals surface area contributed by atoms with Crippen molar-refractivity contribution in [2.24, 2.45) is 0 Å². The molecule has 5 heteroatoms. The van der Waals surface area contributed by atoms with Crippen LogP contribution in [0, 0.1) is 0 Å². The SMILES string of the molecule is C=CCn1c(CN(C)C(=O)c2cccc(Br)c2)nc2ccccc21. The molecule has 3 rings (SSSR count). The number of carbonyl (C=O) groups is 1. The third kappa shape index (κ3) is 3.26. The maximum absolute atomic E-state index is 12.6. The molecule has 0 aliphatic rings. The summed E-state index contributed by atoms with van der Waals surface area (Å²) in [4.78, 5) is 19.0. The minimum Gasteiger partial charge on any atom is -0.334 e. The molecule has 0 fully saturated rings. The zero-order valence-corrected chi connectivity index (χ0v) is 15.0. The molecule has 0 saturated carbocycles. The molecule has 0 radical (unpaired) electrons. The average Bonchev–Trinajstić information content (AvgIpc) is 2.92. The summed E-state index contributed by atoms with van der Waals surface area (Å²) in [6.07, 6.45) is 1.84. The number of allylic oxidation sites excluding steroid dienone is 1. The monoisotopic (exact) mass is 383 g/mol. The van der Waals surface area contributed by atoms with Gasteiger partial charge in [-0.2, -0.15) is 0 Å². The van der Waals surface area contributed by atoms with Gasteiger partial charge >= 0.3 is 0 Å². The van der Waals surface area contributed by atoms with Crippen molar-refractivity contribution in [3.05, 3.63) is 77.0 Å². The van der Waals surface area contributed by atoms with Gasteiger partial charge in [0, 0.05) is 23.6 Å². The first kappa shape index (κ1) is 16.5. The minimum absolute atomic E-state index is 0.0338. The van der Waals surface area contributed by atoms with Crippen LogP contribution in [0.25, 0.3) is 11.0 Å². The lowest BCUT2D eigenvalue weighted by Crippen LogP contribution is -2.27. The van der Waals surface area contributed by atoms with Crippen molar-refractivity contribution in [3.8, 4) is 0 Å². The van der Waals surface area contributed by atoms with Gasteiger partial charge in [-0.1, -0.05) is 40.2 Å². The number of amides is 1. The van der Waals surface area contributed by atoms with Gasteiger partial charge in [-0.25, -0.2) is 4.98 Å². The molecule has 1 aromatic heterocycles. The summed E-state index contributed by atoms with van der Waals surface area (Å²) < 4.78 is 2.98.